The highest BCUT2D eigenvalue weighted by molar-refractivity contribution is 7.89. The Bertz CT molecular complexity index is 618. The zero-order valence-corrected chi connectivity index (χ0v) is 13.1. The van der Waals surface area contributed by atoms with E-state index < -0.39 is 41.0 Å². The fourth-order valence-electron chi connectivity index (χ4n) is 1.57. The van der Waals surface area contributed by atoms with Crippen LogP contribution in [0.3, 0.4) is 0 Å². The first-order valence-electron chi connectivity index (χ1n) is 6.64. The van der Waals surface area contributed by atoms with Gasteiger partial charge in [0.25, 0.3) is 10.0 Å². The summed E-state index contributed by atoms with van der Waals surface area (Å²) in [5.74, 6) is 0. The zero-order chi connectivity index (χ0) is 17.6. The average molecular weight is 348 g/mol. The highest BCUT2D eigenvalue weighted by Crippen LogP contribution is 2.09. The molecule has 0 saturated heterocycles. The molecule has 0 heterocycles. The molecular formula is C13H20N2O7S. The van der Waals surface area contributed by atoms with E-state index in [2.05, 4.69) is 5.10 Å². The Hall–Kier alpha value is -1.56. The average Bonchev–Trinajstić information content (AvgIpc) is 2.52. The van der Waals surface area contributed by atoms with Gasteiger partial charge < -0.3 is 25.5 Å². The summed E-state index contributed by atoms with van der Waals surface area (Å²) in [5.41, 5.74) is 0.877. The van der Waals surface area contributed by atoms with Gasteiger partial charge in [0.2, 0.25) is 0 Å². The molecule has 1 aromatic carbocycles. The summed E-state index contributed by atoms with van der Waals surface area (Å²) in [5, 5.41) is 49.6. The van der Waals surface area contributed by atoms with Crippen molar-refractivity contribution < 1.29 is 34.0 Å². The van der Waals surface area contributed by atoms with Gasteiger partial charge in [0.05, 0.1) is 17.7 Å². The molecule has 0 fully saturated rings. The summed E-state index contributed by atoms with van der Waals surface area (Å²) < 4.78 is 23.8. The third-order valence-corrected chi connectivity index (χ3v) is 4.25. The van der Waals surface area contributed by atoms with Crippen molar-refractivity contribution in [2.75, 3.05) is 6.61 Å². The normalized spacial score (nSPS) is 17.7. The highest BCUT2D eigenvalue weighted by Gasteiger charge is 2.29. The second-order valence-electron chi connectivity index (χ2n) is 4.91. The van der Waals surface area contributed by atoms with Crippen LogP contribution in [-0.2, 0) is 10.0 Å². The second-order valence-corrected chi connectivity index (χ2v) is 6.57. The lowest BCUT2D eigenvalue weighted by molar-refractivity contribution is -0.0999. The number of aliphatic hydroxyl groups is 5. The molecule has 1 aromatic rings. The number of hydrogen-bond donors (Lipinski definition) is 6. The molecule has 130 valence electrons. The summed E-state index contributed by atoms with van der Waals surface area (Å²) in [6, 6.07) is 5.95. The van der Waals surface area contributed by atoms with Crippen LogP contribution in [0, 0.1) is 6.92 Å². The van der Waals surface area contributed by atoms with Crippen LogP contribution in [0.4, 0.5) is 0 Å². The standard InChI is InChI=1S/C13H20N2O7S/c1-8-2-4-9(5-3-8)23(21,22)15-14-6-10(17)12(19)13(20)11(18)7-16/h2-6,10-13,15-20H,7H2,1H3/t10-,11+,12+,13+/m0/s1. The Morgan fingerprint density at radius 3 is 2.22 bits per heavy atom. The Labute approximate surface area is 133 Å². The van der Waals surface area contributed by atoms with Gasteiger partial charge in [-0.05, 0) is 19.1 Å². The number of rotatable bonds is 8. The largest absolute Gasteiger partial charge is 0.394 e. The molecule has 0 bridgehead atoms. The fraction of sp³-hybridized carbons (Fsp3) is 0.462. The van der Waals surface area contributed by atoms with Crippen molar-refractivity contribution in [3.8, 4) is 0 Å². The Morgan fingerprint density at radius 2 is 1.70 bits per heavy atom. The number of aliphatic hydroxyl groups excluding tert-OH is 5. The molecule has 0 spiro atoms. The number of sulfonamides is 1. The first kappa shape index (κ1) is 19.5. The lowest BCUT2D eigenvalue weighted by atomic mass is 10.0. The molecule has 23 heavy (non-hydrogen) atoms. The molecule has 6 N–H and O–H groups in total. The summed E-state index contributed by atoms with van der Waals surface area (Å²) in [4.78, 5) is 1.80. The van der Waals surface area contributed by atoms with E-state index in [0.717, 1.165) is 5.56 Å². The quantitative estimate of drug-likeness (QED) is 0.227. The molecule has 0 saturated carbocycles. The van der Waals surface area contributed by atoms with Gasteiger partial charge >= 0.3 is 0 Å². The second kappa shape index (κ2) is 8.34. The molecule has 0 amide bonds. The van der Waals surface area contributed by atoms with Crippen molar-refractivity contribution in [1.29, 1.82) is 0 Å². The maximum atomic E-state index is 11.9. The van der Waals surface area contributed by atoms with E-state index in [1.807, 2.05) is 4.83 Å². The van der Waals surface area contributed by atoms with Crippen LogP contribution in [0.5, 0.6) is 0 Å². The van der Waals surface area contributed by atoms with Crippen molar-refractivity contribution in [3.63, 3.8) is 0 Å². The lowest BCUT2D eigenvalue weighted by Gasteiger charge is -2.23. The summed E-state index contributed by atoms with van der Waals surface area (Å²) in [6.45, 7) is 0.980. The van der Waals surface area contributed by atoms with Gasteiger partial charge in [-0.2, -0.15) is 13.5 Å². The number of aryl methyl sites for hydroxylation is 1. The third-order valence-electron chi connectivity index (χ3n) is 3.01. The van der Waals surface area contributed by atoms with Crippen LogP contribution < -0.4 is 4.83 Å². The monoisotopic (exact) mass is 348 g/mol. The number of hydrogen-bond acceptors (Lipinski definition) is 8. The Balaban J connectivity index is 2.69. The van der Waals surface area contributed by atoms with E-state index in [9.17, 15) is 23.7 Å². The van der Waals surface area contributed by atoms with Crippen LogP contribution in [0.15, 0.2) is 34.3 Å². The van der Waals surface area contributed by atoms with Crippen molar-refractivity contribution in [3.05, 3.63) is 29.8 Å². The van der Waals surface area contributed by atoms with Crippen LogP contribution in [0.1, 0.15) is 5.56 Å². The van der Waals surface area contributed by atoms with E-state index >= 15 is 0 Å². The molecule has 0 unspecified atom stereocenters. The predicted octanol–water partition coefficient (Wildman–Crippen LogP) is -2.30. The van der Waals surface area contributed by atoms with Gasteiger partial charge in [-0.1, -0.05) is 17.7 Å². The first-order chi connectivity index (χ1) is 10.7. The summed E-state index contributed by atoms with van der Waals surface area (Å²) in [6.07, 6.45) is -6.44. The van der Waals surface area contributed by atoms with Gasteiger partial charge in [-0.25, -0.2) is 4.83 Å². The predicted molar refractivity (Wildman–Crippen MR) is 81.1 cm³/mol. The molecule has 0 radical (unpaired) electrons. The van der Waals surface area contributed by atoms with Crippen LogP contribution in [-0.4, -0.2) is 71.2 Å². The van der Waals surface area contributed by atoms with Crippen LogP contribution >= 0.6 is 0 Å². The lowest BCUT2D eigenvalue weighted by Crippen LogP contribution is -2.46. The molecule has 0 aliphatic rings. The van der Waals surface area contributed by atoms with E-state index in [1.54, 1.807) is 19.1 Å². The minimum absolute atomic E-state index is 0.0361. The topological polar surface area (TPSA) is 160 Å². The van der Waals surface area contributed by atoms with Crippen molar-refractivity contribution >= 4 is 16.2 Å². The minimum Gasteiger partial charge on any atom is -0.394 e. The smallest absolute Gasteiger partial charge is 0.276 e. The van der Waals surface area contributed by atoms with Gasteiger partial charge in [-0.3, -0.25) is 0 Å². The number of benzene rings is 1. The molecular weight excluding hydrogens is 328 g/mol. The van der Waals surface area contributed by atoms with Gasteiger partial charge in [0, 0.05) is 0 Å². The highest BCUT2D eigenvalue weighted by atomic mass is 32.2. The number of hydrazone groups is 1. The zero-order valence-electron chi connectivity index (χ0n) is 12.3. The number of nitrogens with one attached hydrogen (secondary N) is 1. The maximum Gasteiger partial charge on any atom is 0.276 e. The van der Waals surface area contributed by atoms with Crippen LogP contribution in [0.2, 0.25) is 0 Å². The first-order valence-corrected chi connectivity index (χ1v) is 8.12. The minimum atomic E-state index is -3.93. The summed E-state index contributed by atoms with van der Waals surface area (Å²) >= 11 is 0. The SMILES string of the molecule is Cc1ccc(S(=O)(=O)NN=C[C@H](O)[C@@H](O)[C@H](O)[C@H](O)CO)cc1. The maximum absolute atomic E-state index is 11.9. The van der Waals surface area contributed by atoms with Gasteiger partial charge in [0.15, 0.2) is 0 Å². The van der Waals surface area contributed by atoms with E-state index in [1.165, 1.54) is 12.1 Å². The van der Waals surface area contributed by atoms with Crippen molar-refractivity contribution in [2.45, 2.75) is 36.2 Å². The molecule has 0 aromatic heterocycles. The van der Waals surface area contributed by atoms with E-state index in [-0.39, 0.29) is 4.90 Å². The molecule has 1 rings (SSSR count). The summed E-state index contributed by atoms with van der Waals surface area (Å²) in [7, 11) is -3.93. The van der Waals surface area contributed by atoms with Gasteiger partial charge in [0.1, 0.15) is 24.4 Å². The third kappa shape index (κ3) is 5.53. The molecule has 0 aliphatic heterocycles. The molecule has 10 heteroatoms. The molecule has 0 aliphatic carbocycles. The molecule has 4 atom stereocenters. The number of nitrogens with zero attached hydrogens (tertiary/aromatic N) is 1. The Kier molecular flexibility index (Phi) is 7.06. The fourth-order valence-corrected chi connectivity index (χ4v) is 2.37. The van der Waals surface area contributed by atoms with Crippen molar-refractivity contribution in [1.82, 2.24) is 4.83 Å². The van der Waals surface area contributed by atoms with Crippen molar-refractivity contribution in [2.24, 2.45) is 5.10 Å². The Morgan fingerprint density at radius 1 is 1.13 bits per heavy atom. The van der Waals surface area contributed by atoms with Gasteiger partial charge in [-0.15, -0.1) is 0 Å². The van der Waals surface area contributed by atoms with Crippen LogP contribution in [0.25, 0.3) is 0 Å². The van der Waals surface area contributed by atoms with E-state index in [0.29, 0.717) is 6.21 Å². The molecule has 9 nitrogen and oxygen atoms in total. The van der Waals surface area contributed by atoms with E-state index in [4.69, 9.17) is 10.2 Å².